The summed E-state index contributed by atoms with van der Waals surface area (Å²) in [5.41, 5.74) is 1.01. The molecule has 0 aliphatic rings. The van der Waals surface area contributed by atoms with Crippen LogP contribution in [0.1, 0.15) is 6.92 Å². The molecular weight excluding hydrogens is 138 g/mol. The fourth-order valence-corrected chi connectivity index (χ4v) is 0.639. The predicted molar refractivity (Wildman–Crippen MR) is 44.5 cm³/mol. The predicted octanol–water partition coefficient (Wildman–Crippen LogP) is 2.04. The van der Waals surface area contributed by atoms with Gasteiger partial charge in [0.05, 0.1) is 6.20 Å². The highest BCUT2D eigenvalue weighted by atomic mass is 16.5. The molecule has 1 aromatic heterocycles. The van der Waals surface area contributed by atoms with Crippen LogP contribution in [-0.4, -0.2) is 11.6 Å². The Morgan fingerprint density at radius 2 is 2.55 bits per heavy atom. The Kier molecular flexibility index (Phi) is 2.66. The van der Waals surface area contributed by atoms with E-state index in [0.717, 1.165) is 11.3 Å². The largest absolute Gasteiger partial charge is 0.488 e. The van der Waals surface area contributed by atoms with Crippen molar-refractivity contribution in [1.29, 1.82) is 0 Å². The van der Waals surface area contributed by atoms with Gasteiger partial charge in [-0.2, -0.15) is 0 Å². The maximum absolute atomic E-state index is 5.31. The molecule has 0 unspecified atom stereocenters. The number of hydrogen-bond donors (Lipinski definition) is 0. The Balaban J connectivity index is 2.45. The summed E-state index contributed by atoms with van der Waals surface area (Å²) in [6.45, 7) is 6.21. The molecule has 2 heteroatoms. The molecule has 0 saturated heterocycles. The molecule has 0 fully saturated rings. The molecule has 0 amide bonds. The van der Waals surface area contributed by atoms with E-state index in [9.17, 15) is 0 Å². The fourth-order valence-electron chi connectivity index (χ4n) is 0.639. The SMILES string of the molecule is C=C(C)COc1cccnc1. The van der Waals surface area contributed by atoms with E-state index in [1.807, 2.05) is 19.1 Å². The highest BCUT2D eigenvalue weighted by molar-refractivity contribution is 5.16. The van der Waals surface area contributed by atoms with Crippen molar-refractivity contribution in [2.24, 2.45) is 0 Å². The zero-order chi connectivity index (χ0) is 8.10. The number of hydrogen-bond acceptors (Lipinski definition) is 2. The van der Waals surface area contributed by atoms with Crippen LogP contribution in [0.25, 0.3) is 0 Å². The molecule has 1 rings (SSSR count). The number of pyridine rings is 1. The zero-order valence-corrected chi connectivity index (χ0v) is 6.58. The number of aromatic nitrogens is 1. The Morgan fingerprint density at radius 3 is 3.09 bits per heavy atom. The third kappa shape index (κ3) is 2.85. The van der Waals surface area contributed by atoms with Crippen LogP contribution in [0.5, 0.6) is 5.75 Å². The van der Waals surface area contributed by atoms with Gasteiger partial charge in [-0.15, -0.1) is 0 Å². The van der Waals surface area contributed by atoms with Crippen LogP contribution in [0.15, 0.2) is 36.7 Å². The zero-order valence-electron chi connectivity index (χ0n) is 6.58. The van der Waals surface area contributed by atoms with Crippen LogP contribution in [0.3, 0.4) is 0 Å². The summed E-state index contributed by atoms with van der Waals surface area (Å²) in [5.74, 6) is 0.788. The van der Waals surface area contributed by atoms with Crippen LogP contribution in [0.2, 0.25) is 0 Å². The van der Waals surface area contributed by atoms with Gasteiger partial charge in [0, 0.05) is 6.20 Å². The molecule has 2 nitrogen and oxygen atoms in total. The summed E-state index contributed by atoms with van der Waals surface area (Å²) >= 11 is 0. The molecule has 1 aromatic rings. The van der Waals surface area contributed by atoms with Gasteiger partial charge in [0.2, 0.25) is 0 Å². The van der Waals surface area contributed by atoms with Gasteiger partial charge in [-0.05, 0) is 24.6 Å². The Hall–Kier alpha value is -1.31. The quantitative estimate of drug-likeness (QED) is 0.613. The van der Waals surface area contributed by atoms with Gasteiger partial charge in [-0.1, -0.05) is 6.58 Å². The van der Waals surface area contributed by atoms with Crippen molar-refractivity contribution in [3.8, 4) is 5.75 Å². The van der Waals surface area contributed by atoms with Crippen molar-refractivity contribution in [2.45, 2.75) is 6.92 Å². The highest BCUT2D eigenvalue weighted by Crippen LogP contribution is 2.06. The summed E-state index contributed by atoms with van der Waals surface area (Å²) in [7, 11) is 0. The summed E-state index contributed by atoms with van der Waals surface area (Å²) in [5, 5.41) is 0. The average molecular weight is 149 g/mol. The molecule has 0 N–H and O–H groups in total. The molecule has 0 aromatic carbocycles. The molecule has 58 valence electrons. The van der Waals surface area contributed by atoms with Gasteiger partial charge in [0.25, 0.3) is 0 Å². The lowest BCUT2D eigenvalue weighted by Crippen LogP contribution is -1.97. The first-order valence-electron chi connectivity index (χ1n) is 3.46. The smallest absolute Gasteiger partial charge is 0.138 e. The molecular formula is C9H11NO. The lowest BCUT2D eigenvalue weighted by atomic mass is 10.4. The summed E-state index contributed by atoms with van der Waals surface area (Å²) in [6, 6.07) is 3.71. The van der Waals surface area contributed by atoms with Crippen molar-refractivity contribution >= 4 is 0 Å². The maximum Gasteiger partial charge on any atom is 0.138 e. The summed E-state index contributed by atoms with van der Waals surface area (Å²) < 4.78 is 5.31. The molecule has 1 heterocycles. The lowest BCUT2D eigenvalue weighted by molar-refractivity contribution is 0.351. The van der Waals surface area contributed by atoms with Crippen molar-refractivity contribution in [3.63, 3.8) is 0 Å². The average Bonchev–Trinajstić information content (AvgIpc) is 2.03. The van der Waals surface area contributed by atoms with E-state index in [-0.39, 0.29) is 0 Å². The van der Waals surface area contributed by atoms with E-state index in [4.69, 9.17) is 4.74 Å². The molecule has 0 aliphatic carbocycles. The normalized spacial score (nSPS) is 9.18. The van der Waals surface area contributed by atoms with E-state index in [1.54, 1.807) is 12.4 Å². The van der Waals surface area contributed by atoms with Crippen molar-refractivity contribution in [2.75, 3.05) is 6.61 Å². The first-order chi connectivity index (χ1) is 5.29. The van der Waals surface area contributed by atoms with Crippen molar-refractivity contribution < 1.29 is 4.74 Å². The number of rotatable bonds is 3. The second-order valence-corrected chi connectivity index (χ2v) is 2.43. The second kappa shape index (κ2) is 3.76. The monoisotopic (exact) mass is 149 g/mol. The van der Waals surface area contributed by atoms with E-state index in [2.05, 4.69) is 11.6 Å². The van der Waals surface area contributed by atoms with E-state index in [0.29, 0.717) is 6.61 Å². The topological polar surface area (TPSA) is 22.1 Å². The minimum atomic E-state index is 0.561. The lowest BCUT2D eigenvalue weighted by Gasteiger charge is -2.03. The van der Waals surface area contributed by atoms with Gasteiger partial charge in [0.15, 0.2) is 0 Å². The third-order valence-electron chi connectivity index (χ3n) is 1.12. The van der Waals surface area contributed by atoms with Crippen LogP contribution >= 0.6 is 0 Å². The first kappa shape index (κ1) is 7.79. The molecule has 0 spiro atoms. The summed E-state index contributed by atoms with van der Waals surface area (Å²) in [6.07, 6.45) is 3.40. The molecule has 0 saturated carbocycles. The standard InChI is InChI=1S/C9H11NO/c1-8(2)7-11-9-4-3-5-10-6-9/h3-6H,1,7H2,2H3. The maximum atomic E-state index is 5.31. The summed E-state index contributed by atoms with van der Waals surface area (Å²) in [4.78, 5) is 3.91. The van der Waals surface area contributed by atoms with Crippen LogP contribution in [0, 0.1) is 0 Å². The second-order valence-electron chi connectivity index (χ2n) is 2.43. The molecule has 0 radical (unpaired) electrons. The van der Waals surface area contributed by atoms with Gasteiger partial charge >= 0.3 is 0 Å². The highest BCUT2D eigenvalue weighted by Gasteiger charge is 1.90. The Morgan fingerprint density at radius 1 is 1.73 bits per heavy atom. The van der Waals surface area contributed by atoms with Crippen molar-refractivity contribution in [1.82, 2.24) is 4.98 Å². The van der Waals surface area contributed by atoms with Crippen molar-refractivity contribution in [3.05, 3.63) is 36.7 Å². The Labute approximate surface area is 66.5 Å². The minimum Gasteiger partial charge on any atom is -0.488 e. The number of nitrogens with zero attached hydrogens (tertiary/aromatic N) is 1. The molecule has 0 atom stereocenters. The minimum absolute atomic E-state index is 0.561. The van der Waals surface area contributed by atoms with E-state index < -0.39 is 0 Å². The van der Waals surface area contributed by atoms with Gasteiger partial charge < -0.3 is 4.74 Å². The van der Waals surface area contributed by atoms with Crippen LogP contribution in [-0.2, 0) is 0 Å². The van der Waals surface area contributed by atoms with Gasteiger partial charge in [-0.25, -0.2) is 0 Å². The number of ether oxygens (including phenoxy) is 1. The van der Waals surface area contributed by atoms with Crippen LogP contribution in [0.4, 0.5) is 0 Å². The molecule has 0 bridgehead atoms. The van der Waals surface area contributed by atoms with Gasteiger partial charge in [-0.3, -0.25) is 4.98 Å². The van der Waals surface area contributed by atoms with Gasteiger partial charge in [0.1, 0.15) is 12.4 Å². The van der Waals surface area contributed by atoms with E-state index in [1.165, 1.54) is 0 Å². The van der Waals surface area contributed by atoms with Crippen LogP contribution < -0.4 is 4.74 Å². The molecule has 0 aliphatic heterocycles. The van der Waals surface area contributed by atoms with E-state index >= 15 is 0 Å². The Bertz CT molecular complexity index is 231. The fraction of sp³-hybridized carbons (Fsp3) is 0.222. The first-order valence-corrected chi connectivity index (χ1v) is 3.46. The molecule has 11 heavy (non-hydrogen) atoms. The third-order valence-corrected chi connectivity index (χ3v) is 1.12.